The van der Waals surface area contributed by atoms with Crippen LogP contribution < -0.4 is 9.64 Å². The minimum atomic E-state index is -0.279. The van der Waals surface area contributed by atoms with Crippen molar-refractivity contribution in [2.24, 2.45) is 10.8 Å². The molecule has 0 fully saturated rings. The number of hydrogen-bond donors (Lipinski definition) is 0. The minimum Gasteiger partial charge on any atom is -0.488 e. The van der Waals surface area contributed by atoms with Gasteiger partial charge in [0.05, 0.1) is 11.0 Å². The fraction of sp³-hybridized carbons (Fsp3) is 0.206. The van der Waals surface area contributed by atoms with Gasteiger partial charge < -0.3 is 14.2 Å². The van der Waals surface area contributed by atoms with Crippen LogP contribution in [0.2, 0.25) is 0 Å². The van der Waals surface area contributed by atoms with Gasteiger partial charge in [-0.05, 0) is 179 Å². The monoisotopic (exact) mass is 927 g/mol. The first kappa shape index (κ1) is 47.1. The SMILES string of the molecule is CC(C)(C)CC(c1ccc(-c2ccc3c(c2)c2cc(-c4ccc(N(c5ccc(-c6ccccc6)cc5)c5ccc(-c6ccccc6)cc5)cc4)ccc2n3-c2ccc(OC(C)(C)C)cc2)cc1)C(C)(C)C. The highest BCUT2D eigenvalue weighted by molar-refractivity contribution is 6.11. The van der Waals surface area contributed by atoms with Crippen molar-refractivity contribution in [3.63, 3.8) is 0 Å². The largest absolute Gasteiger partial charge is 0.488 e. The maximum Gasteiger partial charge on any atom is 0.120 e. The molecule has 10 aromatic rings. The highest BCUT2D eigenvalue weighted by atomic mass is 16.5. The molecule has 0 bridgehead atoms. The number of nitrogens with zero attached hydrogens (tertiary/aromatic N) is 2. The normalized spacial score (nSPS) is 12.6. The smallest absolute Gasteiger partial charge is 0.120 e. The number of fused-ring (bicyclic) bond motifs is 3. The topological polar surface area (TPSA) is 17.4 Å². The van der Waals surface area contributed by atoms with Gasteiger partial charge in [0.2, 0.25) is 0 Å². The molecule has 1 atom stereocenters. The van der Waals surface area contributed by atoms with Gasteiger partial charge in [-0.25, -0.2) is 0 Å². The first-order chi connectivity index (χ1) is 34.0. The van der Waals surface area contributed by atoms with Crippen LogP contribution in [0, 0.1) is 10.8 Å². The number of rotatable bonds is 11. The fourth-order valence-electron chi connectivity index (χ4n) is 10.2. The summed E-state index contributed by atoms with van der Waals surface area (Å²) in [5, 5.41) is 2.44. The molecule has 0 aliphatic rings. The lowest BCUT2D eigenvalue weighted by Crippen LogP contribution is -2.23. The van der Waals surface area contributed by atoms with Crippen LogP contribution in [-0.4, -0.2) is 10.2 Å². The molecule has 1 aromatic heterocycles. The van der Waals surface area contributed by atoms with Crippen LogP contribution in [0.4, 0.5) is 17.1 Å². The quantitative estimate of drug-likeness (QED) is 0.129. The van der Waals surface area contributed by atoms with Crippen LogP contribution in [0.15, 0.2) is 218 Å². The lowest BCUT2D eigenvalue weighted by atomic mass is 9.69. The summed E-state index contributed by atoms with van der Waals surface area (Å²) in [4.78, 5) is 2.35. The Morgan fingerprint density at radius 3 is 1.14 bits per heavy atom. The average molecular weight is 927 g/mol. The number of aromatic nitrogens is 1. The van der Waals surface area contributed by atoms with Crippen LogP contribution in [0.3, 0.4) is 0 Å². The number of anilines is 3. The molecular formula is C68H66N2O. The van der Waals surface area contributed by atoms with E-state index in [0.717, 1.165) is 46.0 Å². The highest BCUT2D eigenvalue weighted by Crippen LogP contribution is 2.45. The molecule has 1 heterocycles. The van der Waals surface area contributed by atoms with E-state index in [2.05, 4.69) is 290 Å². The van der Waals surface area contributed by atoms with E-state index in [0.29, 0.717) is 5.92 Å². The minimum absolute atomic E-state index is 0.161. The van der Waals surface area contributed by atoms with Crippen molar-refractivity contribution < 1.29 is 4.74 Å². The van der Waals surface area contributed by atoms with Crippen LogP contribution >= 0.6 is 0 Å². The maximum absolute atomic E-state index is 6.25. The van der Waals surface area contributed by atoms with E-state index in [1.807, 2.05) is 0 Å². The Bertz CT molecular complexity index is 3320. The Balaban J connectivity index is 1.04. The zero-order valence-corrected chi connectivity index (χ0v) is 42.9. The molecule has 0 saturated heterocycles. The summed E-state index contributed by atoms with van der Waals surface area (Å²) in [6, 6.07) is 79.9. The molecular weight excluding hydrogens is 861 g/mol. The summed E-state index contributed by atoms with van der Waals surface area (Å²) in [5.41, 5.74) is 17.8. The van der Waals surface area contributed by atoms with Crippen LogP contribution in [0.25, 0.3) is 72.0 Å². The number of hydrogen-bond acceptors (Lipinski definition) is 2. The Morgan fingerprint density at radius 1 is 0.394 bits per heavy atom. The first-order valence-corrected chi connectivity index (χ1v) is 25.2. The van der Waals surface area contributed by atoms with Crippen molar-refractivity contribution in [1.29, 1.82) is 0 Å². The summed E-state index contributed by atoms with van der Waals surface area (Å²) in [7, 11) is 0. The van der Waals surface area contributed by atoms with Gasteiger partial charge in [0.15, 0.2) is 0 Å². The maximum atomic E-state index is 6.25. The number of benzene rings is 9. The highest BCUT2D eigenvalue weighted by Gasteiger charge is 2.30. The zero-order chi connectivity index (χ0) is 49.5. The van der Waals surface area contributed by atoms with Crippen molar-refractivity contribution in [3.8, 4) is 55.9 Å². The molecule has 1 unspecified atom stereocenters. The van der Waals surface area contributed by atoms with Gasteiger partial charge in [0.25, 0.3) is 0 Å². The van der Waals surface area contributed by atoms with Gasteiger partial charge in [-0.1, -0.05) is 175 Å². The molecule has 3 heteroatoms. The summed E-state index contributed by atoms with van der Waals surface area (Å²) in [5.74, 6) is 1.33. The third-order valence-corrected chi connectivity index (χ3v) is 13.7. The van der Waals surface area contributed by atoms with Gasteiger partial charge in [0, 0.05) is 33.5 Å². The Kier molecular flexibility index (Phi) is 12.6. The van der Waals surface area contributed by atoms with Crippen molar-refractivity contribution in [2.75, 3.05) is 4.90 Å². The van der Waals surface area contributed by atoms with Crippen molar-refractivity contribution in [1.82, 2.24) is 4.57 Å². The van der Waals surface area contributed by atoms with E-state index in [1.165, 1.54) is 60.8 Å². The second-order valence-electron chi connectivity index (χ2n) is 22.5. The standard InChI is InChI=1S/C68H66N2O/c1-66(2,3)46-63(67(4,5)6)53-22-20-51(21-23-53)54-30-42-64-61(44-54)62-45-55(31-43-65(62)70(64)59-38-40-60(41-39-59)71-68(7,8)9)52-28-36-58(37-29-52)69(56-32-24-49(25-33-56)47-16-12-10-13-17-47)57-34-26-50(27-35-57)48-18-14-11-15-19-48/h10-45,63H,46H2,1-9H3. The molecule has 0 spiro atoms. The van der Waals surface area contributed by atoms with E-state index in [9.17, 15) is 0 Å². The van der Waals surface area contributed by atoms with Crippen LogP contribution in [0.1, 0.15) is 80.2 Å². The molecule has 354 valence electrons. The van der Waals surface area contributed by atoms with Gasteiger partial charge in [-0.3, -0.25) is 0 Å². The summed E-state index contributed by atoms with van der Waals surface area (Å²) in [6.07, 6.45) is 1.14. The Hall–Kier alpha value is -7.62. The molecule has 0 N–H and O–H groups in total. The molecule has 0 radical (unpaired) electrons. The van der Waals surface area contributed by atoms with E-state index in [-0.39, 0.29) is 16.4 Å². The van der Waals surface area contributed by atoms with E-state index >= 15 is 0 Å². The third-order valence-electron chi connectivity index (χ3n) is 13.7. The third kappa shape index (κ3) is 10.3. The van der Waals surface area contributed by atoms with Crippen LogP contribution in [-0.2, 0) is 0 Å². The summed E-state index contributed by atoms with van der Waals surface area (Å²) >= 11 is 0. The molecule has 71 heavy (non-hydrogen) atoms. The van der Waals surface area contributed by atoms with Gasteiger partial charge in [0.1, 0.15) is 11.4 Å². The van der Waals surface area contributed by atoms with E-state index in [1.54, 1.807) is 0 Å². The summed E-state index contributed by atoms with van der Waals surface area (Å²) < 4.78 is 8.65. The first-order valence-electron chi connectivity index (χ1n) is 25.2. The molecule has 0 aliphatic carbocycles. The predicted octanol–water partition coefficient (Wildman–Crippen LogP) is 19.7. The fourth-order valence-corrected chi connectivity index (χ4v) is 10.2. The van der Waals surface area contributed by atoms with Crippen molar-refractivity contribution in [3.05, 3.63) is 224 Å². The molecule has 0 saturated carbocycles. The predicted molar refractivity (Wildman–Crippen MR) is 304 cm³/mol. The van der Waals surface area contributed by atoms with Gasteiger partial charge >= 0.3 is 0 Å². The van der Waals surface area contributed by atoms with Gasteiger partial charge in [-0.2, -0.15) is 0 Å². The van der Waals surface area contributed by atoms with Gasteiger partial charge in [-0.15, -0.1) is 0 Å². The van der Waals surface area contributed by atoms with Crippen molar-refractivity contribution >= 4 is 38.9 Å². The van der Waals surface area contributed by atoms with E-state index < -0.39 is 0 Å². The Labute approximate surface area is 422 Å². The second kappa shape index (κ2) is 18.9. The molecule has 0 amide bonds. The molecule has 9 aromatic carbocycles. The average Bonchev–Trinajstić information content (AvgIpc) is 3.69. The lowest BCUT2D eigenvalue weighted by Gasteiger charge is -2.36. The zero-order valence-electron chi connectivity index (χ0n) is 42.9. The molecule has 3 nitrogen and oxygen atoms in total. The molecule has 0 aliphatic heterocycles. The molecule has 10 rings (SSSR count). The second-order valence-corrected chi connectivity index (χ2v) is 22.5. The number of ether oxygens (including phenoxy) is 1. The van der Waals surface area contributed by atoms with Crippen molar-refractivity contribution in [2.45, 2.75) is 80.3 Å². The lowest BCUT2D eigenvalue weighted by molar-refractivity contribution is 0.131. The van der Waals surface area contributed by atoms with E-state index in [4.69, 9.17) is 4.74 Å². The van der Waals surface area contributed by atoms with Crippen LogP contribution in [0.5, 0.6) is 5.75 Å². The Morgan fingerprint density at radius 2 is 0.761 bits per heavy atom. The summed E-state index contributed by atoms with van der Waals surface area (Å²) in [6.45, 7) is 20.5.